The number of carboxylic acid groups (broad SMARTS) is 1. The number of nitrogens with one attached hydrogen (secondary N) is 1. The molecule has 0 aliphatic heterocycles. The van der Waals surface area contributed by atoms with Crippen molar-refractivity contribution in [3.63, 3.8) is 0 Å². The Hall–Kier alpha value is -1.88. The highest BCUT2D eigenvalue weighted by Gasteiger charge is 2.20. The zero-order chi connectivity index (χ0) is 13.5. The Morgan fingerprint density at radius 1 is 1.39 bits per heavy atom. The van der Waals surface area contributed by atoms with Gasteiger partial charge in [0.05, 0.1) is 6.61 Å². The molecule has 1 atom stereocenters. The molecule has 1 rings (SSSR count). The smallest absolute Gasteiger partial charge is 0.315 e. The van der Waals surface area contributed by atoms with E-state index in [2.05, 4.69) is 5.32 Å². The first-order valence-corrected chi connectivity index (χ1v) is 5.66. The van der Waals surface area contributed by atoms with E-state index >= 15 is 0 Å². The predicted molar refractivity (Wildman–Crippen MR) is 67.5 cm³/mol. The third-order valence-electron chi connectivity index (χ3n) is 2.61. The maximum absolute atomic E-state index is 11.7. The van der Waals surface area contributed by atoms with Crippen LogP contribution in [0.5, 0.6) is 0 Å². The molecular formula is C13H17NO4. The SMILES string of the molecule is COCCc1ccccc1NC(=O)C(C)C(=O)O. The molecule has 0 heterocycles. The standard InChI is InChI=1S/C13H17NO4/c1-9(13(16)17)12(15)14-11-6-4-3-5-10(11)7-8-18-2/h3-6,9H,7-8H2,1-2H3,(H,14,15)(H,16,17). The van der Waals surface area contributed by atoms with Gasteiger partial charge in [-0.3, -0.25) is 9.59 Å². The molecule has 0 fully saturated rings. The topological polar surface area (TPSA) is 75.6 Å². The zero-order valence-electron chi connectivity index (χ0n) is 10.5. The van der Waals surface area contributed by atoms with Crippen molar-refractivity contribution < 1.29 is 19.4 Å². The molecule has 0 aromatic heterocycles. The van der Waals surface area contributed by atoms with E-state index in [1.165, 1.54) is 6.92 Å². The summed E-state index contributed by atoms with van der Waals surface area (Å²) < 4.78 is 4.98. The minimum absolute atomic E-state index is 0.521. The quantitative estimate of drug-likeness (QED) is 0.752. The summed E-state index contributed by atoms with van der Waals surface area (Å²) in [7, 11) is 1.60. The van der Waals surface area contributed by atoms with Crippen LogP contribution in [-0.2, 0) is 20.7 Å². The van der Waals surface area contributed by atoms with E-state index in [1.807, 2.05) is 12.1 Å². The van der Waals surface area contributed by atoms with Gasteiger partial charge in [-0.2, -0.15) is 0 Å². The van der Waals surface area contributed by atoms with Crippen molar-refractivity contribution in [3.05, 3.63) is 29.8 Å². The Kier molecular flexibility index (Phi) is 5.32. The van der Waals surface area contributed by atoms with Crippen molar-refractivity contribution in [2.75, 3.05) is 19.0 Å². The fraction of sp³-hybridized carbons (Fsp3) is 0.385. The Morgan fingerprint density at radius 2 is 2.06 bits per heavy atom. The predicted octanol–water partition coefficient (Wildman–Crippen LogP) is 1.53. The molecule has 0 spiro atoms. The third-order valence-corrected chi connectivity index (χ3v) is 2.61. The van der Waals surface area contributed by atoms with Gasteiger partial charge < -0.3 is 15.2 Å². The van der Waals surface area contributed by atoms with Crippen molar-refractivity contribution in [1.29, 1.82) is 0 Å². The first-order valence-electron chi connectivity index (χ1n) is 5.66. The summed E-state index contributed by atoms with van der Waals surface area (Å²) in [4.78, 5) is 22.4. The molecule has 98 valence electrons. The third kappa shape index (κ3) is 3.85. The largest absolute Gasteiger partial charge is 0.481 e. The van der Waals surface area contributed by atoms with Crippen molar-refractivity contribution in [3.8, 4) is 0 Å². The van der Waals surface area contributed by atoms with Crippen LogP contribution in [0.15, 0.2) is 24.3 Å². The van der Waals surface area contributed by atoms with Crippen LogP contribution < -0.4 is 5.32 Å². The van der Waals surface area contributed by atoms with Crippen molar-refractivity contribution >= 4 is 17.6 Å². The van der Waals surface area contributed by atoms with Crippen LogP contribution in [0.1, 0.15) is 12.5 Å². The van der Waals surface area contributed by atoms with E-state index in [0.29, 0.717) is 18.7 Å². The van der Waals surface area contributed by atoms with Crippen molar-refractivity contribution in [2.45, 2.75) is 13.3 Å². The highest BCUT2D eigenvalue weighted by atomic mass is 16.5. The number of anilines is 1. The highest BCUT2D eigenvalue weighted by molar-refractivity contribution is 6.04. The molecule has 1 amide bonds. The fourth-order valence-electron chi connectivity index (χ4n) is 1.43. The van der Waals surface area contributed by atoms with Gasteiger partial charge in [0.15, 0.2) is 0 Å². The normalized spacial score (nSPS) is 11.9. The Balaban J connectivity index is 2.77. The molecule has 18 heavy (non-hydrogen) atoms. The number of hydrogen-bond donors (Lipinski definition) is 2. The summed E-state index contributed by atoms with van der Waals surface area (Å²) in [5.74, 6) is -2.73. The van der Waals surface area contributed by atoms with E-state index in [0.717, 1.165) is 5.56 Å². The Morgan fingerprint density at radius 3 is 2.67 bits per heavy atom. The molecule has 0 saturated carbocycles. The van der Waals surface area contributed by atoms with E-state index in [9.17, 15) is 9.59 Å². The number of carbonyl (C=O) groups excluding carboxylic acids is 1. The highest BCUT2D eigenvalue weighted by Crippen LogP contribution is 2.16. The minimum Gasteiger partial charge on any atom is -0.481 e. The summed E-state index contributed by atoms with van der Waals surface area (Å²) in [5, 5.41) is 11.4. The van der Waals surface area contributed by atoms with Crippen LogP contribution in [-0.4, -0.2) is 30.7 Å². The van der Waals surface area contributed by atoms with Crippen molar-refractivity contribution in [1.82, 2.24) is 0 Å². The van der Waals surface area contributed by atoms with Gasteiger partial charge in [-0.25, -0.2) is 0 Å². The lowest BCUT2D eigenvalue weighted by Gasteiger charge is -2.12. The molecule has 0 bridgehead atoms. The van der Waals surface area contributed by atoms with E-state index in [4.69, 9.17) is 9.84 Å². The molecule has 0 aliphatic rings. The Bertz CT molecular complexity index is 431. The molecule has 0 aliphatic carbocycles. The molecular weight excluding hydrogens is 234 g/mol. The van der Waals surface area contributed by atoms with Gasteiger partial charge in [0.1, 0.15) is 5.92 Å². The second-order valence-electron chi connectivity index (χ2n) is 3.95. The molecule has 1 unspecified atom stereocenters. The lowest BCUT2D eigenvalue weighted by atomic mass is 10.1. The van der Waals surface area contributed by atoms with E-state index < -0.39 is 17.8 Å². The monoisotopic (exact) mass is 251 g/mol. The molecule has 1 aromatic rings. The number of ether oxygens (including phenoxy) is 1. The van der Waals surface area contributed by atoms with Crippen molar-refractivity contribution in [2.24, 2.45) is 5.92 Å². The second-order valence-corrected chi connectivity index (χ2v) is 3.95. The first-order chi connectivity index (χ1) is 8.56. The lowest BCUT2D eigenvalue weighted by molar-refractivity contribution is -0.144. The average Bonchev–Trinajstić information content (AvgIpc) is 2.36. The van der Waals surface area contributed by atoms with Crippen LogP contribution in [0, 0.1) is 5.92 Å². The molecule has 2 N–H and O–H groups in total. The number of hydrogen-bond acceptors (Lipinski definition) is 3. The minimum atomic E-state index is -1.14. The maximum atomic E-state index is 11.7. The number of methoxy groups -OCH3 is 1. The number of carbonyl (C=O) groups is 2. The van der Waals surface area contributed by atoms with Gasteiger partial charge in [0.2, 0.25) is 5.91 Å². The van der Waals surface area contributed by atoms with E-state index in [-0.39, 0.29) is 0 Å². The van der Waals surface area contributed by atoms with Crippen LogP contribution in [0.2, 0.25) is 0 Å². The number of rotatable bonds is 6. The molecule has 5 nitrogen and oxygen atoms in total. The van der Waals surface area contributed by atoms with E-state index in [1.54, 1.807) is 19.2 Å². The van der Waals surface area contributed by atoms with Gasteiger partial charge in [-0.1, -0.05) is 18.2 Å². The molecule has 0 radical (unpaired) electrons. The van der Waals surface area contributed by atoms with Gasteiger partial charge in [0.25, 0.3) is 0 Å². The average molecular weight is 251 g/mol. The number of amides is 1. The fourth-order valence-corrected chi connectivity index (χ4v) is 1.43. The number of para-hydroxylation sites is 1. The van der Waals surface area contributed by atoms with Gasteiger partial charge in [-0.05, 0) is 25.0 Å². The van der Waals surface area contributed by atoms with Gasteiger partial charge >= 0.3 is 5.97 Å². The van der Waals surface area contributed by atoms with Crippen LogP contribution in [0.4, 0.5) is 5.69 Å². The molecule has 1 aromatic carbocycles. The van der Waals surface area contributed by atoms with Crippen LogP contribution in [0.3, 0.4) is 0 Å². The van der Waals surface area contributed by atoms with Crippen LogP contribution >= 0.6 is 0 Å². The van der Waals surface area contributed by atoms with Gasteiger partial charge in [-0.15, -0.1) is 0 Å². The molecule has 5 heteroatoms. The number of benzene rings is 1. The summed E-state index contributed by atoms with van der Waals surface area (Å²) in [5.41, 5.74) is 1.55. The van der Waals surface area contributed by atoms with Crippen LogP contribution in [0.25, 0.3) is 0 Å². The Labute approximate surface area is 106 Å². The summed E-state index contributed by atoms with van der Waals surface area (Å²) in [6.45, 7) is 1.90. The second kappa shape index (κ2) is 6.76. The number of carboxylic acids is 1. The zero-order valence-corrected chi connectivity index (χ0v) is 10.5. The van der Waals surface area contributed by atoms with Gasteiger partial charge in [0, 0.05) is 12.8 Å². The lowest BCUT2D eigenvalue weighted by Crippen LogP contribution is -2.27. The summed E-state index contributed by atoms with van der Waals surface area (Å²) in [6, 6.07) is 7.27. The summed E-state index contributed by atoms with van der Waals surface area (Å²) in [6.07, 6.45) is 0.661. The first kappa shape index (κ1) is 14.2. The number of aliphatic carboxylic acids is 1. The molecule has 0 saturated heterocycles. The summed E-state index contributed by atoms with van der Waals surface area (Å²) >= 11 is 0. The maximum Gasteiger partial charge on any atom is 0.315 e.